The number of thiophene rings is 1. The number of nitrogens with zero attached hydrogens (tertiary/aromatic N) is 2. The number of benzene rings is 1. The molecule has 9 nitrogen and oxygen atoms in total. The van der Waals surface area contributed by atoms with Crippen LogP contribution in [0.4, 0.5) is 5.00 Å². The smallest absolute Gasteiger partial charge is 0.341 e. The number of fused-ring (bicyclic) bond motifs is 1. The van der Waals surface area contributed by atoms with Crippen molar-refractivity contribution in [3.05, 3.63) is 57.3 Å². The molecule has 0 saturated carbocycles. The first-order valence-electron chi connectivity index (χ1n) is 9.62. The Kier molecular flexibility index (Phi) is 7.14. The number of esters is 2. The van der Waals surface area contributed by atoms with Crippen LogP contribution >= 0.6 is 11.3 Å². The van der Waals surface area contributed by atoms with E-state index in [4.69, 9.17) is 9.47 Å². The Bertz CT molecular complexity index is 1180. The lowest BCUT2D eigenvalue weighted by atomic mass is 10.2. The van der Waals surface area contributed by atoms with Crippen molar-refractivity contribution in [1.82, 2.24) is 9.55 Å². The molecule has 0 aliphatic carbocycles. The van der Waals surface area contributed by atoms with Crippen LogP contribution in [0.5, 0.6) is 0 Å². The molecule has 0 bridgehead atoms. The molecular formula is C21H21N3O6S. The number of rotatable bonds is 8. The second-order valence-electron chi connectivity index (χ2n) is 6.41. The zero-order valence-electron chi connectivity index (χ0n) is 17.0. The number of aryl methyl sites for hydroxylation is 1. The average molecular weight is 443 g/mol. The van der Waals surface area contributed by atoms with Gasteiger partial charge in [-0.1, -0.05) is 19.1 Å². The van der Waals surface area contributed by atoms with Crippen LogP contribution in [-0.2, 0) is 32.0 Å². The van der Waals surface area contributed by atoms with Crippen LogP contribution in [0.1, 0.15) is 29.1 Å². The first-order valence-corrected chi connectivity index (χ1v) is 10.4. The molecule has 0 fully saturated rings. The number of ether oxygens (including phenoxy) is 2. The molecule has 0 aliphatic heterocycles. The van der Waals surface area contributed by atoms with E-state index in [1.807, 2.05) is 6.92 Å². The molecule has 0 aliphatic rings. The van der Waals surface area contributed by atoms with E-state index >= 15 is 0 Å². The number of hydrogen-bond donors (Lipinski definition) is 1. The third-order valence-electron chi connectivity index (χ3n) is 4.28. The third kappa shape index (κ3) is 5.34. The lowest BCUT2D eigenvalue weighted by Crippen LogP contribution is -2.28. The van der Waals surface area contributed by atoms with Crippen molar-refractivity contribution in [2.24, 2.45) is 0 Å². The predicted molar refractivity (Wildman–Crippen MR) is 115 cm³/mol. The number of para-hydroxylation sites is 2. The van der Waals surface area contributed by atoms with Crippen molar-refractivity contribution in [3.63, 3.8) is 0 Å². The molecule has 1 amide bonds. The van der Waals surface area contributed by atoms with E-state index in [1.54, 1.807) is 37.3 Å². The standard InChI is InChI=1S/C21H21N3O6S/c1-3-13-9-14(21(28)29-4-2)20(31-13)23-17(25)12-30-19(27)11-24-16-8-6-5-7-15(16)22-10-18(24)26/h5-10H,3-4,11-12H2,1-2H3,(H,23,25). The number of carbonyl (C=O) groups excluding carboxylic acids is 3. The summed E-state index contributed by atoms with van der Waals surface area (Å²) in [6.45, 7) is 2.92. The topological polar surface area (TPSA) is 117 Å². The minimum absolute atomic E-state index is 0.212. The number of amides is 1. The van der Waals surface area contributed by atoms with Crippen LogP contribution in [0.3, 0.4) is 0 Å². The molecule has 0 atom stereocenters. The maximum Gasteiger partial charge on any atom is 0.341 e. The average Bonchev–Trinajstić information content (AvgIpc) is 3.17. The number of aromatic nitrogens is 2. The zero-order valence-corrected chi connectivity index (χ0v) is 17.9. The van der Waals surface area contributed by atoms with Gasteiger partial charge in [-0.25, -0.2) is 9.78 Å². The molecule has 0 spiro atoms. The maximum atomic E-state index is 12.3. The summed E-state index contributed by atoms with van der Waals surface area (Å²) in [6, 6.07) is 8.56. The second-order valence-corrected chi connectivity index (χ2v) is 7.55. The van der Waals surface area contributed by atoms with Gasteiger partial charge in [-0.15, -0.1) is 11.3 Å². The lowest BCUT2D eigenvalue weighted by Gasteiger charge is -2.10. The monoisotopic (exact) mass is 443 g/mol. The highest BCUT2D eigenvalue weighted by Gasteiger charge is 2.19. The van der Waals surface area contributed by atoms with Gasteiger partial charge in [0.1, 0.15) is 11.5 Å². The molecule has 162 valence electrons. The van der Waals surface area contributed by atoms with Crippen molar-refractivity contribution in [2.45, 2.75) is 26.8 Å². The molecule has 3 aromatic rings. The fourth-order valence-corrected chi connectivity index (χ4v) is 3.83. The molecule has 2 heterocycles. The van der Waals surface area contributed by atoms with Crippen molar-refractivity contribution < 1.29 is 23.9 Å². The first kappa shape index (κ1) is 22.2. The minimum atomic E-state index is -0.750. The minimum Gasteiger partial charge on any atom is -0.462 e. The Morgan fingerprint density at radius 2 is 1.94 bits per heavy atom. The number of hydrogen-bond acceptors (Lipinski definition) is 8. The summed E-state index contributed by atoms with van der Waals surface area (Å²) in [7, 11) is 0. The molecule has 31 heavy (non-hydrogen) atoms. The van der Waals surface area contributed by atoms with E-state index in [9.17, 15) is 19.2 Å². The SMILES string of the molecule is CCOC(=O)c1cc(CC)sc1NC(=O)COC(=O)Cn1c(=O)cnc2ccccc21. The zero-order chi connectivity index (χ0) is 22.4. The quantitative estimate of drug-likeness (QED) is 0.531. The van der Waals surface area contributed by atoms with Gasteiger partial charge in [0.2, 0.25) is 0 Å². The summed E-state index contributed by atoms with van der Waals surface area (Å²) in [5, 5.41) is 2.93. The molecule has 0 saturated heterocycles. The molecule has 2 aromatic heterocycles. The van der Waals surface area contributed by atoms with Crippen LogP contribution in [-0.4, -0.2) is 40.6 Å². The van der Waals surface area contributed by atoms with Gasteiger partial charge in [0.15, 0.2) is 6.61 Å². The van der Waals surface area contributed by atoms with Gasteiger partial charge in [0.05, 0.1) is 29.4 Å². The van der Waals surface area contributed by atoms with Gasteiger partial charge in [0, 0.05) is 4.88 Å². The summed E-state index contributed by atoms with van der Waals surface area (Å²) >= 11 is 1.26. The van der Waals surface area contributed by atoms with E-state index < -0.39 is 30.0 Å². The highest BCUT2D eigenvalue weighted by atomic mass is 32.1. The first-order chi connectivity index (χ1) is 14.9. The van der Waals surface area contributed by atoms with Gasteiger partial charge >= 0.3 is 11.9 Å². The van der Waals surface area contributed by atoms with Gasteiger partial charge < -0.3 is 14.8 Å². The Hall–Kier alpha value is -3.53. The van der Waals surface area contributed by atoms with Crippen molar-refractivity contribution >= 4 is 45.2 Å². The Morgan fingerprint density at radius 3 is 2.68 bits per heavy atom. The van der Waals surface area contributed by atoms with Crippen LogP contribution < -0.4 is 10.9 Å². The van der Waals surface area contributed by atoms with Gasteiger partial charge in [-0.05, 0) is 31.5 Å². The van der Waals surface area contributed by atoms with Crippen LogP contribution in [0.15, 0.2) is 41.3 Å². The van der Waals surface area contributed by atoms with Crippen molar-refractivity contribution in [1.29, 1.82) is 0 Å². The van der Waals surface area contributed by atoms with Gasteiger partial charge in [-0.3, -0.25) is 19.0 Å². The summed E-state index contributed by atoms with van der Waals surface area (Å²) in [5.74, 6) is -1.88. The summed E-state index contributed by atoms with van der Waals surface area (Å²) < 4.78 is 11.3. The molecule has 0 unspecified atom stereocenters. The molecule has 0 radical (unpaired) electrons. The van der Waals surface area contributed by atoms with E-state index in [0.29, 0.717) is 22.5 Å². The number of anilines is 1. The maximum absolute atomic E-state index is 12.3. The molecular weight excluding hydrogens is 422 g/mol. The second kappa shape index (κ2) is 9.98. The Balaban J connectivity index is 1.64. The summed E-state index contributed by atoms with van der Waals surface area (Å²) in [5.41, 5.74) is 0.854. The van der Waals surface area contributed by atoms with E-state index in [2.05, 4.69) is 10.3 Å². The van der Waals surface area contributed by atoms with Crippen molar-refractivity contribution in [2.75, 3.05) is 18.5 Å². The fourth-order valence-electron chi connectivity index (χ4n) is 2.83. The number of nitrogens with one attached hydrogen (secondary N) is 1. The highest BCUT2D eigenvalue weighted by molar-refractivity contribution is 7.16. The van der Waals surface area contributed by atoms with E-state index in [0.717, 1.165) is 11.1 Å². The third-order valence-corrected chi connectivity index (χ3v) is 5.48. The van der Waals surface area contributed by atoms with Gasteiger partial charge in [0.25, 0.3) is 11.5 Å². The van der Waals surface area contributed by atoms with Crippen LogP contribution in [0.25, 0.3) is 11.0 Å². The van der Waals surface area contributed by atoms with Crippen molar-refractivity contribution in [3.8, 4) is 0 Å². The van der Waals surface area contributed by atoms with Crippen LogP contribution in [0.2, 0.25) is 0 Å². The lowest BCUT2D eigenvalue weighted by molar-refractivity contribution is -0.147. The largest absolute Gasteiger partial charge is 0.462 e. The van der Waals surface area contributed by atoms with Gasteiger partial charge in [-0.2, -0.15) is 0 Å². The molecule has 1 aromatic carbocycles. The molecule has 10 heteroatoms. The highest BCUT2D eigenvalue weighted by Crippen LogP contribution is 2.29. The summed E-state index contributed by atoms with van der Waals surface area (Å²) in [6.07, 6.45) is 1.82. The molecule has 3 rings (SSSR count). The predicted octanol–water partition coefficient (Wildman–Crippen LogP) is 2.38. The Morgan fingerprint density at radius 1 is 1.16 bits per heavy atom. The molecule has 1 N–H and O–H groups in total. The Labute approximate surface area is 181 Å². The van der Waals surface area contributed by atoms with Crippen LogP contribution in [0, 0.1) is 0 Å². The van der Waals surface area contributed by atoms with E-state index in [1.165, 1.54) is 15.9 Å². The summed E-state index contributed by atoms with van der Waals surface area (Å²) in [4.78, 5) is 53.6. The fraction of sp³-hybridized carbons (Fsp3) is 0.286. The van der Waals surface area contributed by atoms with E-state index in [-0.39, 0.29) is 18.7 Å². The number of carbonyl (C=O) groups is 3. The normalized spacial score (nSPS) is 10.6.